The Morgan fingerprint density at radius 3 is 1.90 bits per heavy atom. The van der Waals surface area contributed by atoms with Crippen LogP contribution in [0, 0.1) is 0 Å². The highest BCUT2D eigenvalue weighted by molar-refractivity contribution is 7.87. The van der Waals surface area contributed by atoms with Gasteiger partial charge in [0.1, 0.15) is 11.5 Å². The minimum absolute atomic E-state index is 0.0332. The molecule has 1 unspecified atom stereocenters. The summed E-state index contributed by atoms with van der Waals surface area (Å²) in [6.07, 6.45) is 0. The zero-order valence-electron chi connectivity index (χ0n) is 14.3. The molecule has 5 nitrogen and oxygen atoms in total. The lowest BCUT2D eigenvalue weighted by molar-refractivity contribution is 0.455. The van der Waals surface area contributed by atoms with Crippen molar-refractivity contribution in [2.75, 3.05) is 0 Å². The van der Waals surface area contributed by atoms with Crippen LogP contribution in [0.3, 0.4) is 0 Å². The molecule has 0 spiro atoms. The van der Waals surface area contributed by atoms with Crippen molar-refractivity contribution in [1.82, 2.24) is 0 Å². The van der Waals surface area contributed by atoms with Crippen LogP contribution in [0.15, 0.2) is 54.6 Å². The molecule has 0 aliphatic carbocycles. The van der Waals surface area contributed by atoms with Crippen molar-refractivity contribution in [3.63, 3.8) is 0 Å². The Bertz CT molecular complexity index is 1200. The number of benzene rings is 3. The summed E-state index contributed by atoms with van der Waals surface area (Å²) in [5.41, 5.74) is -0.279. The van der Waals surface area contributed by atoms with Crippen molar-refractivity contribution >= 4 is 56.5 Å². The molecule has 29 heavy (non-hydrogen) atoms. The van der Waals surface area contributed by atoms with Crippen LogP contribution in [-0.4, -0.2) is 23.2 Å². The Balaban J connectivity index is 2.58. The highest BCUT2D eigenvalue weighted by Gasteiger charge is 2.50. The molecule has 0 aliphatic heterocycles. The predicted octanol–water partition coefficient (Wildman–Crippen LogP) is 5.89. The lowest BCUT2D eigenvalue weighted by Crippen LogP contribution is -2.38. The minimum Gasteiger partial charge on any atom is -0.508 e. The molecule has 0 amide bonds. The summed E-state index contributed by atoms with van der Waals surface area (Å²) in [7, 11) is -5.04. The number of aromatic hydroxyl groups is 2. The molecule has 3 aromatic rings. The maximum atomic E-state index is 12.9. The van der Waals surface area contributed by atoms with Gasteiger partial charge < -0.3 is 10.2 Å². The largest absolute Gasteiger partial charge is 0.508 e. The van der Waals surface area contributed by atoms with Gasteiger partial charge in [0, 0.05) is 16.7 Å². The summed E-state index contributed by atoms with van der Waals surface area (Å²) >= 11 is 24.2. The van der Waals surface area contributed by atoms with Crippen LogP contribution in [0.2, 0.25) is 20.1 Å². The fourth-order valence-corrected chi connectivity index (χ4v) is 5.22. The third kappa shape index (κ3) is 3.77. The first-order valence-electron chi connectivity index (χ1n) is 7.89. The Hall–Kier alpha value is -1.67. The maximum absolute atomic E-state index is 12.9. The molecule has 3 rings (SSSR count). The summed E-state index contributed by atoms with van der Waals surface area (Å²) in [6, 6.07) is 11.4. The quantitative estimate of drug-likeness (QED) is 0.311. The van der Waals surface area contributed by atoms with E-state index in [1.54, 1.807) is 0 Å². The number of halogens is 4. The van der Waals surface area contributed by atoms with Crippen molar-refractivity contribution in [1.29, 1.82) is 0 Å². The Labute approximate surface area is 186 Å². The summed E-state index contributed by atoms with van der Waals surface area (Å²) in [4.78, 5) is 0. The van der Waals surface area contributed by atoms with Gasteiger partial charge in [-0.1, -0.05) is 64.6 Å². The topological polar surface area (TPSA) is 94.8 Å². The van der Waals surface area contributed by atoms with Crippen LogP contribution >= 0.6 is 46.4 Å². The van der Waals surface area contributed by atoms with E-state index < -0.39 is 20.6 Å². The highest BCUT2D eigenvalue weighted by atomic mass is 35.5. The van der Waals surface area contributed by atoms with Gasteiger partial charge in [-0.2, -0.15) is 8.42 Å². The molecule has 0 saturated heterocycles. The molecule has 10 heteroatoms. The molecule has 0 radical (unpaired) electrons. The number of hydrogen-bond acceptors (Lipinski definition) is 4. The normalized spacial score (nSPS) is 13.8. The van der Waals surface area contributed by atoms with Crippen LogP contribution in [0.4, 0.5) is 0 Å². The third-order valence-corrected chi connectivity index (χ3v) is 7.22. The molecule has 0 aliphatic rings. The molecular weight excluding hydrogens is 482 g/mol. The van der Waals surface area contributed by atoms with Gasteiger partial charge in [-0.05, 0) is 41.5 Å². The van der Waals surface area contributed by atoms with E-state index in [-0.39, 0.29) is 37.5 Å². The number of hydrogen-bond donors (Lipinski definition) is 3. The molecule has 152 valence electrons. The summed E-state index contributed by atoms with van der Waals surface area (Å²) in [5, 5.41) is 20.1. The molecule has 0 aromatic heterocycles. The van der Waals surface area contributed by atoms with E-state index in [9.17, 15) is 23.2 Å². The van der Waals surface area contributed by atoms with E-state index in [0.717, 1.165) is 18.2 Å². The van der Waals surface area contributed by atoms with E-state index in [2.05, 4.69) is 0 Å². The van der Waals surface area contributed by atoms with E-state index in [0.29, 0.717) is 5.02 Å². The van der Waals surface area contributed by atoms with Crippen LogP contribution < -0.4 is 0 Å². The van der Waals surface area contributed by atoms with E-state index in [1.807, 2.05) is 0 Å². The highest BCUT2D eigenvalue weighted by Crippen LogP contribution is 2.50. The van der Waals surface area contributed by atoms with Gasteiger partial charge in [-0.25, -0.2) is 0 Å². The number of rotatable bonds is 4. The van der Waals surface area contributed by atoms with Crippen LogP contribution in [-0.2, 0) is 14.9 Å². The standard InChI is InChI=1S/C19H12Cl4O5S/c20-12-4-1-10(2-5-12)19(29(26,27)28,11-3-6-15(21)17(25)7-11)14-8-13(24)9-16(22)18(14)23/h1-9,24-25H,(H,26,27,28). The average Bonchev–Trinajstić information content (AvgIpc) is 2.62. The fraction of sp³-hybridized carbons (Fsp3) is 0.0526. The summed E-state index contributed by atoms with van der Waals surface area (Å²) < 4.78 is 34.0. The lowest BCUT2D eigenvalue weighted by atomic mass is 9.83. The first-order chi connectivity index (χ1) is 13.5. The molecule has 3 N–H and O–H groups in total. The molecule has 1 atom stereocenters. The maximum Gasteiger partial charge on any atom is 0.283 e. The summed E-state index contributed by atoms with van der Waals surface area (Å²) in [5.74, 6) is -0.803. The SMILES string of the molecule is O=S(=O)(O)C(c1ccc(Cl)cc1)(c1ccc(Cl)c(O)c1)c1cc(O)cc(Cl)c1Cl. The first kappa shape index (κ1) is 22.0. The van der Waals surface area contributed by atoms with Gasteiger partial charge in [0.25, 0.3) is 10.1 Å². The number of phenolic OH excluding ortho intramolecular Hbond substituents is 2. The van der Waals surface area contributed by atoms with Crippen LogP contribution in [0.25, 0.3) is 0 Å². The minimum atomic E-state index is -5.04. The lowest BCUT2D eigenvalue weighted by Gasteiger charge is -2.33. The molecule has 0 heterocycles. The zero-order valence-corrected chi connectivity index (χ0v) is 18.1. The van der Waals surface area contributed by atoms with Crippen LogP contribution in [0.1, 0.15) is 16.7 Å². The second-order valence-electron chi connectivity index (χ2n) is 6.12. The van der Waals surface area contributed by atoms with E-state index in [1.165, 1.54) is 36.4 Å². The van der Waals surface area contributed by atoms with Crippen molar-refractivity contribution in [2.45, 2.75) is 4.75 Å². The molecule has 0 fully saturated rings. The molecule has 3 aromatic carbocycles. The van der Waals surface area contributed by atoms with Gasteiger partial charge in [0.2, 0.25) is 0 Å². The predicted molar refractivity (Wildman–Crippen MR) is 114 cm³/mol. The Morgan fingerprint density at radius 2 is 1.34 bits per heavy atom. The van der Waals surface area contributed by atoms with E-state index in [4.69, 9.17) is 46.4 Å². The van der Waals surface area contributed by atoms with Crippen molar-refractivity contribution < 1.29 is 23.2 Å². The second-order valence-corrected chi connectivity index (χ2v) is 9.31. The Kier molecular flexibility index (Phi) is 5.98. The van der Waals surface area contributed by atoms with E-state index >= 15 is 0 Å². The van der Waals surface area contributed by atoms with Gasteiger partial charge in [0.05, 0.1) is 15.1 Å². The smallest absolute Gasteiger partial charge is 0.283 e. The van der Waals surface area contributed by atoms with Gasteiger partial charge in [0.15, 0.2) is 4.75 Å². The first-order valence-corrected chi connectivity index (χ1v) is 10.8. The van der Waals surface area contributed by atoms with Gasteiger partial charge in [-0.15, -0.1) is 0 Å². The number of phenols is 2. The van der Waals surface area contributed by atoms with Gasteiger partial charge in [-0.3, -0.25) is 4.55 Å². The Morgan fingerprint density at radius 1 is 0.759 bits per heavy atom. The zero-order chi connectivity index (χ0) is 21.6. The molecular formula is C19H12Cl4O5S. The molecule has 0 bridgehead atoms. The van der Waals surface area contributed by atoms with Crippen LogP contribution in [0.5, 0.6) is 11.5 Å². The fourth-order valence-electron chi connectivity index (χ4n) is 3.16. The second kappa shape index (κ2) is 7.87. The average molecular weight is 494 g/mol. The van der Waals surface area contributed by atoms with Crippen molar-refractivity contribution in [2.24, 2.45) is 0 Å². The molecule has 0 saturated carbocycles. The monoisotopic (exact) mass is 492 g/mol. The van der Waals surface area contributed by atoms with Crippen molar-refractivity contribution in [3.8, 4) is 11.5 Å². The summed E-state index contributed by atoms with van der Waals surface area (Å²) in [6.45, 7) is 0. The van der Waals surface area contributed by atoms with Crippen molar-refractivity contribution in [3.05, 3.63) is 91.4 Å². The third-order valence-electron chi connectivity index (χ3n) is 4.38. The van der Waals surface area contributed by atoms with Gasteiger partial charge >= 0.3 is 0 Å².